The highest BCUT2D eigenvalue weighted by atomic mass is 35.5. The van der Waals surface area contributed by atoms with E-state index in [-0.39, 0.29) is 5.91 Å². The number of allylic oxidation sites excluding steroid dienone is 1. The molecule has 9 heteroatoms. The molecule has 0 saturated heterocycles. The standard InChI is InChI=1S/C25H21ClN6O2/c1-15-21(24(33)29-19-5-3-4-6-20(19)34-2)22(16-7-9-18(26)10-8-16)32-25(28-15)30-23(31-32)17-11-13-27-14-12-17/h3-14,22H,1-2H3,(H,29,33)(H,28,30,31)/t22-/m1/s1. The van der Waals surface area contributed by atoms with Crippen LogP contribution in [0.2, 0.25) is 5.02 Å². The van der Waals surface area contributed by atoms with Gasteiger partial charge in [0, 0.05) is 28.7 Å². The number of para-hydroxylation sites is 2. The van der Waals surface area contributed by atoms with Crippen LogP contribution in [0.5, 0.6) is 5.75 Å². The molecule has 1 aliphatic rings. The van der Waals surface area contributed by atoms with E-state index in [4.69, 9.17) is 21.4 Å². The highest BCUT2D eigenvalue weighted by molar-refractivity contribution is 6.30. The molecule has 1 atom stereocenters. The highest BCUT2D eigenvalue weighted by Gasteiger charge is 2.34. The van der Waals surface area contributed by atoms with Crippen LogP contribution in [-0.2, 0) is 4.79 Å². The monoisotopic (exact) mass is 472 g/mol. The third-order valence-corrected chi connectivity index (χ3v) is 5.83. The lowest BCUT2D eigenvalue weighted by molar-refractivity contribution is -0.113. The molecule has 0 radical (unpaired) electrons. The van der Waals surface area contributed by atoms with Gasteiger partial charge in [0.05, 0.1) is 18.4 Å². The van der Waals surface area contributed by atoms with E-state index in [1.54, 1.807) is 48.5 Å². The summed E-state index contributed by atoms with van der Waals surface area (Å²) in [5, 5.41) is 11.6. The van der Waals surface area contributed by atoms with Gasteiger partial charge in [0.2, 0.25) is 5.95 Å². The molecule has 0 aliphatic carbocycles. The number of methoxy groups -OCH3 is 1. The number of amides is 1. The number of anilines is 2. The maximum Gasteiger partial charge on any atom is 0.255 e. The van der Waals surface area contributed by atoms with Gasteiger partial charge in [-0.05, 0) is 48.9 Å². The topological polar surface area (TPSA) is 94.0 Å². The predicted octanol–water partition coefficient (Wildman–Crippen LogP) is 4.93. The molecular formula is C25H21ClN6O2. The van der Waals surface area contributed by atoms with Gasteiger partial charge in [-0.25, -0.2) is 4.68 Å². The Morgan fingerprint density at radius 3 is 2.56 bits per heavy atom. The summed E-state index contributed by atoms with van der Waals surface area (Å²) >= 11 is 6.15. The number of halogens is 1. The van der Waals surface area contributed by atoms with Crippen molar-refractivity contribution >= 4 is 29.1 Å². The van der Waals surface area contributed by atoms with Crippen molar-refractivity contribution in [2.75, 3.05) is 17.7 Å². The van der Waals surface area contributed by atoms with Crippen LogP contribution >= 0.6 is 11.6 Å². The summed E-state index contributed by atoms with van der Waals surface area (Å²) in [5.41, 5.74) is 3.43. The average molecular weight is 473 g/mol. The van der Waals surface area contributed by atoms with Crippen molar-refractivity contribution in [2.24, 2.45) is 0 Å². The number of carbonyl (C=O) groups excluding carboxylic acids is 1. The quantitative estimate of drug-likeness (QED) is 0.427. The van der Waals surface area contributed by atoms with Gasteiger partial charge in [-0.15, -0.1) is 5.10 Å². The second-order valence-corrected chi connectivity index (χ2v) is 8.15. The van der Waals surface area contributed by atoms with E-state index >= 15 is 0 Å². The molecule has 170 valence electrons. The Morgan fingerprint density at radius 2 is 1.82 bits per heavy atom. The number of benzene rings is 2. The number of fused-ring (bicyclic) bond motifs is 1. The Morgan fingerprint density at radius 1 is 1.09 bits per heavy atom. The minimum absolute atomic E-state index is 0.277. The Balaban J connectivity index is 1.60. The molecule has 2 N–H and O–H groups in total. The molecule has 4 aromatic rings. The minimum Gasteiger partial charge on any atom is -0.495 e. The average Bonchev–Trinajstić information content (AvgIpc) is 3.28. The molecule has 0 unspecified atom stereocenters. The van der Waals surface area contributed by atoms with Crippen LogP contribution in [0.25, 0.3) is 11.4 Å². The Kier molecular flexibility index (Phi) is 5.73. The largest absolute Gasteiger partial charge is 0.495 e. The maximum absolute atomic E-state index is 13.6. The Labute approximate surface area is 201 Å². The van der Waals surface area contributed by atoms with Gasteiger partial charge >= 0.3 is 0 Å². The molecule has 2 aromatic heterocycles. The van der Waals surface area contributed by atoms with E-state index in [9.17, 15) is 4.79 Å². The van der Waals surface area contributed by atoms with Crippen LogP contribution < -0.4 is 15.4 Å². The van der Waals surface area contributed by atoms with Crippen molar-refractivity contribution in [3.8, 4) is 17.1 Å². The zero-order valence-corrected chi connectivity index (χ0v) is 19.2. The summed E-state index contributed by atoms with van der Waals surface area (Å²) in [4.78, 5) is 22.4. The summed E-state index contributed by atoms with van der Waals surface area (Å²) < 4.78 is 7.13. The van der Waals surface area contributed by atoms with Crippen molar-refractivity contribution in [2.45, 2.75) is 13.0 Å². The van der Waals surface area contributed by atoms with E-state index in [1.807, 2.05) is 43.3 Å². The van der Waals surface area contributed by atoms with Crippen LogP contribution in [0.4, 0.5) is 11.6 Å². The Hall–Kier alpha value is -4.17. The van der Waals surface area contributed by atoms with Crippen LogP contribution in [0.15, 0.2) is 84.3 Å². The van der Waals surface area contributed by atoms with Crippen molar-refractivity contribution in [3.05, 3.63) is 94.9 Å². The van der Waals surface area contributed by atoms with Gasteiger partial charge in [0.1, 0.15) is 11.8 Å². The lowest BCUT2D eigenvalue weighted by atomic mass is 9.95. The number of pyridine rings is 1. The van der Waals surface area contributed by atoms with Crippen LogP contribution in [0.3, 0.4) is 0 Å². The first-order valence-corrected chi connectivity index (χ1v) is 11.0. The zero-order chi connectivity index (χ0) is 23.7. The summed E-state index contributed by atoms with van der Waals surface area (Å²) in [6.07, 6.45) is 3.38. The normalized spacial score (nSPS) is 14.9. The van der Waals surface area contributed by atoms with Crippen LogP contribution in [-0.4, -0.2) is 32.8 Å². The molecule has 0 fully saturated rings. The van der Waals surface area contributed by atoms with Crippen LogP contribution in [0.1, 0.15) is 18.5 Å². The minimum atomic E-state index is -0.522. The second-order valence-electron chi connectivity index (χ2n) is 7.71. The van der Waals surface area contributed by atoms with Gasteiger partial charge in [0.25, 0.3) is 5.91 Å². The molecule has 5 rings (SSSR count). The number of hydrogen-bond acceptors (Lipinski definition) is 6. The second kappa shape index (κ2) is 8.99. The molecule has 1 aliphatic heterocycles. The smallest absolute Gasteiger partial charge is 0.255 e. The first-order chi connectivity index (χ1) is 16.5. The number of nitrogens with zero attached hydrogens (tertiary/aromatic N) is 4. The zero-order valence-electron chi connectivity index (χ0n) is 18.5. The summed E-state index contributed by atoms with van der Waals surface area (Å²) in [7, 11) is 1.57. The summed E-state index contributed by atoms with van der Waals surface area (Å²) in [6, 6.07) is 17.8. The summed E-state index contributed by atoms with van der Waals surface area (Å²) in [6.45, 7) is 1.85. The Bertz CT molecular complexity index is 1380. The molecule has 0 bridgehead atoms. The van der Waals surface area contributed by atoms with Gasteiger partial charge in [-0.1, -0.05) is 35.9 Å². The number of hydrogen-bond donors (Lipinski definition) is 2. The molecule has 1 amide bonds. The fraction of sp³-hybridized carbons (Fsp3) is 0.120. The SMILES string of the molecule is COc1ccccc1NC(=O)C1=C(C)Nc2nc(-c3ccncc3)nn2[C@@H]1c1ccc(Cl)cc1. The van der Waals surface area contributed by atoms with Crippen molar-refractivity contribution in [3.63, 3.8) is 0 Å². The highest BCUT2D eigenvalue weighted by Crippen LogP contribution is 2.37. The first-order valence-electron chi connectivity index (χ1n) is 10.6. The van der Waals surface area contributed by atoms with Gasteiger partial charge in [-0.2, -0.15) is 4.98 Å². The van der Waals surface area contributed by atoms with Gasteiger partial charge in [-0.3, -0.25) is 9.78 Å². The van der Waals surface area contributed by atoms with Crippen molar-refractivity contribution in [1.82, 2.24) is 19.7 Å². The lowest BCUT2D eigenvalue weighted by Gasteiger charge is -2.28. The van der Waals surface area contributed by atoms with Gasteiger partial charge < -0.3 is 15.4 Å². The lowest BCUT2D eigenvalue weighted by Crippen LogP contribution is -2.31. The molecule has 0 spiro atoms. The van der Waals surface area contributed by atoms with Crippen molar-refractivity contribution in [1.29, 1.82) is 0 Å². The summed E-state index contributed by atoms with van der Waals surface area (Å²) in [5.74, 6) is 1.37. The van der Waals surface area contributed by atoms with E-state index in [0.29, 0.717) is 39.5 Å². The number of carbonyl (C=O) groups is 1. The first kappa shape index (κ1) is 21.7. The predicted molar refractivity (Wildman–Crippen MR) is 131 cm³/mol. The molecule has 2 aromatic carbocycles. The third kappa shape index (κ3) is 3.99. The van der Waals surface area contributed by atoms with Crippen molar-refractivity contribution < 1.29 is 9.53 Å². The molecule has 0 saturated carbocycles. The van der Waals surface area contributed by atoms with Crippen LogP contribution in [0, 0.1) is 0 Å². The number of nitrogens with one attached hydrogen (secondary N) is 2. The van der Waals surface area contributed by atoms with E-state index in [1.165, 1.54) is 0 Å². The maximum atomic E-state index is 13.6. The third-order valence-electron chi connectivity index (χ3n) is 5.58. The molecular weight excluding hydrogens is 452 g/mol. The number of aromatic nitrogens is 4. The molecule has 34 heavy (non-hydrogen) atoms. The fourth-order valence-electron chi connectivity index (χ4n) is 3.96. The molecule has 3 heterocycles. The number of rotatable bonds is 5. The number of ether oxygens (including phenoxy) is 1. The fourth-order valence-corrected chi connectivity index (χ4v) is 4.09. The van der Waals surface area contributed by atoms with E-state index in [2.05, 4.69) is 20.6 Å². The van der Waals surface area contributed by atoms with Gasteiger partial charge in [0.15, 0.2) is 5.82 Å². The molecule has 8 nitrogen and oxygen atoms in total. The van der Waals surface area contributed by atoms with E-state index < -0.39 is 6.04 Å². The van der Waals surface area contributed by atoms with E-state index in [0.717, 1.165) is 11.1 Å².